The first kappa shape index (κ1) is 14.8. The molecule has 0 amide bonds. The Morgan fingerprint density at radius 2 is 2.05 bits per heavy atom. The standard InChI is InChI=1S/C13H9BrF3NO2/c14-10-4-3-7(12-8(10)2-1-5-18-12)9(6-11(19)20)13(15,16)17/h1-5,9H,6H2,(H,19,20). The molecule has 0 aliphatic carbocycles. The molecule has 2 rings (SSSR count). The Bertz CT molecular complexity index is 658. The molecule has 3 nitrogen and oxygen atoms in total. The molecule has 2 aromatic rings. The zero-order valence-corrected chi connectivity index (χ0v) is 11.6. The van der Waals surface area contributed by atoms with Gasteiger partial charge in [0.05, 0.1) is 17.9 Å². The minimum absolute atomic E-state index is 0.126. The number of nitrogens with zero attached hydrogens (tertiary/aromatic N) is 1. The molecule has 1 aromatic heterocycles. The van der Waals surface area contributed by atoms with Crippen molar-refractivity contribution < 1.29 is 23.1 Å². The maximum Gasteiger partial charge on any atom is 0.396 e. The van der Waals surface area contributed by atoms with Gasteiger partial charge >= 0.3 is 12.1 Å². The molecule has 0 radical (unpaired) electrons. The second-order valence-electron chi connectivity index (χ2n) is 4.23. The Balaban J connectivity index is 2.65. The number of pyridine rings is 1. The van der Waals surface area contributed by atoms with Crippen LogP contribution in [0.25, 0.3) is 10.9 Å². The van der Waals surface area contributed by atoms with Crippen LogP contribution in [0.3, 0.4) is 0 Å². The van der Waals surface area contributed by atoms with Crippen molar-refractivity contribution in [1.29, 1.82) is 0 Å². The number of carboxylic acids is 1. The van der Waals surface area contributed by atoms with E-state index in [0.717, 1.165) is 0 Å². The molecular formula is C13H9BrF3NO2. The normalized spacial score (nSPS) is 13.4. The predicted molar refractivity (Wildman–Crippen MR) is 70.5 cm³/mol. The fourth-order valence-electron chi connectivity index (χ4n) is 2.02. The third-order valence-electron chi connectivity index (χ3n) is 2.90. The number of halogens is 4. The Labute approximate surface area is 120 Å². The molecule has 0 saturated carbocycles. The van der Waals surface area contributed by atoms with Crippen LogP contribution in [0.4, 0.5) is 13.2 Å². The lowest BCUT2D eigenvalue weighted by Gasteiger charge is -2.20. The number of fused-ring (bicyclic) bond motifs is 1. The highest BCUT2D eigenvalue weighted by atomic mass is 79.9. The van der Waals surface area contributed by atoms with Gasteiger partial charge in [-0.1, -0.05) is 28.1 Å². The Hall–Kier alpha value is -1.63. The molecule has 0 bridgehead atoms. The Morgan fingerprint density at radius 3 is 2.65 bits per heavy atom. The topological polar surface area (TPSA) is 50.2 Å². The second kappa shape index (κ2) is 5.40. The first-order valence-corrected chi connectivity index (χ1v) is 6.41. The van der Waals surface area contributed by atoms with E-state index in [0.29, 0.717) is 9.86 Å². The molecular weight excluding hydrogens is 339 g/mol. The van der Waals surface area contributed by atoms with E-state index in [-0.39, 0.29) is 11.1 Å². The van der Waals surface area contributed by atoms with Crippen LogP contribution >= 0.6 is 15.9 Å². The lowest BCUT2D eigenvalue weighted by Crippen LogP contribution is -2.24. The number of hydrogen-bond acceptors (Lipinski definition) is 2. The van der Waals surface area contributed by atoms with Gasteiger partial charge in [-0.25, -0.2) is 0 Å². The number of aliphatic carboxylic acids is 1. The van der Waals surface area contributed by atoms with Gasteiger partial charge in [-0.2, -0.15) is 13.2 Å². The highest BCUT2D eigenvalue weighted by Gasteiger charge is 2.43. The van der Waals surface area contributed by atoms with Crippen LogP contribution in [0.1, 0.15) is 17.9 Å². The third-order valence-corrected chi connectivity index (χ3v) is 3.59. The fourth-order valence-corrected chi connectivity index (χ4v) is 2.47. The summed E-state index contributed by atoms with van der Waals surface area (Å²) >= 11 is 3.24. The summed E-state index contributed by atoms with van der Waals surface area (Å²) in [5, 5.41) is 9.22. The van der Waals surface area contributed by atoms with Crippen LogP contribution in [0, 0.1) is 0 Å². The van der Waals surface area contributed by atoms with E-state index in [9.17, 15) is 18.0 Å². The van der Waals surface area contributed by atoms with Crippen molar-refractivity contribution >= 4 is 32.8 Å². The van der Waals surface area contributed by atoms with Crippen molar-refractivity contribution in [3.63, 3.8) is 0 Å². The molecule has 7 heteroatoms. The number of hydrogen-bond donors (Lipinski definition) is 1. The third kappa shape index (κ3) is 2.92. The van der Waals surface area contributed by atoms with Crippen molar-refractivity contribution in [2.45, 2.75) is 18.5 Å². The number of aromatic nitrogens is 1. The van der Waals surface area contributed by atoms with E-state index in [4.69, 9.17) is 5.11 Å². The van der Waals surface area contributed by atoms with E-state index >= 15 is 0 Å². The first-order valence-electron chi connectivity index (χ1n) is 5.62. The van der Waals surface area contributed by atoms with E-state index in [1.54, 1.807) is 12.1 Å². The van der Waals surface area contributed by atoms with Gasteiger partial charge in [-0.3, -0.25) is 9.78 Å². The number of carboxylic acid groups (broad SMARTS) is 1. The lowest BCUT2D eigenvalue weighted by molar-refractivity contribution is -0.163. The summed E-state index contributed by atoms with van der Waals surface area (Å²) in [5.41, 5.74) is 0.0316. The Morgan fingerprint density at radius 1 is 1.35 bits per heavy atom. The van der Waals surface area contributed by atoms with Crippen LogP contribution in [-0.4, -0.2) is 22.2 Å². The number of benzene rings is 1. The molecule has 0 aliphatic heterocycles. The summed E-state index contributed by atoms with van der Waals surface area (Å²) in [5.74, 6) is -3.58. The first-order chi connectivity index (χ1) is 9.30. The van der Waals surface area contributed by atoms with Crippen molar-refractivity contribution in [2.24, 2.45) is 0 Å². The quantitative estimate of drug-likeness (QED) is 0.908. The smallest absolute Gasteiger partial charge is 0.396 e. The fraction of sp³-hybridized carbons (Fsp3) is 0.231. The van der Waals surface area contributed by atoms with Gasteiger partial charge in [-0.05, 0) is 17.7 Å². The molecule has 1 unspecified atom stereocenters. The molecule has 0 saturated heterocycles. The van der Waals surface area contributed by atoms with Crippen LogP contribution in [0.2, 0.25) is 0 Å². The van der Waals surface area contributed by atoms with Crippen LogP contribution in [0.15, 0.2) is 34.9 Å². The number of rotatable bonds is 3. The summed E-state index contributed by atoms with van der Waals surface area (Å²) in [4.78, 5) is 14.7. The summed E-state index contributed by atoms with van der Waals surface area (Å²) in [7, 11) is 0. The largest absolute Gasteiger partial charge is 0.481 e. The zero-order valence-electron chi connectivity index (χ0n) is 9.99. The molecule has 1 N–H and O–H groups in total. The number of carbonyl (C=O) groups is 1. The van der Waals surface area contributed by atoms with Gasteiger partial charge in [0.1, 0.15) is 0 Å². The molecule has 0 fully saturated rings. The molecule has 20 heavy (non-hydrogen) atoms. The summed E-state index contributed by atoms with van der Waals surface area (Å²) in [6.45, 7) is 0. The average Bonchev–Trinajstić information content (AvgIpc) is 2.36. The number of alkyl halides is 3. The molecule has 1 heterocycles. The van der Waals surface area contributed by atoms with Crippen molar-refractivity contribution in [3.8, 4) is 0 Å². The lowest BCUT2D eigenvalue weighted by atomic mass is 9.93. The van der Waals surface area contributed by atoms with Gasteiger partial charge in [0, 0.05) is 16.1 Å². The van der Waals surface area contributed by atoms with E-state index in [2.05, 4.69) is 20.9 Å². The SMILES string of the molecule is O=C(O)CC(c1ccc(Br)c2cccnc12)C(F)(F)F. The van der Waals surface area contributed by atoms with Crippen LogP contribution in [0.5, 0.6) is 0 Å². The minimum atomic E-state index is -4.64. The molecule has 1 atom stereocenters. The van der Waals surface area contributed by atoms with E-state index in [1.165, 1.54) is 18.3 Å². The molecule has 0 spiro atoms. The van der Waals surface area contributed by atoms with Crippen LogP contribution in [-0.2, 0) is 4.79 Å². The second-order valence-corrected chi connectivity index (χ2v) is 5.08. The molecule has 106 valence electrons. The van der Waals surface area contributed by atoms with E-state index < -0.39 is 24.5 Å². The molecule has 0 aliphatic rings. The van der Waals surface area contributed by atoms with Gasteiger partial charge in [0.25, 0.3) is 0 Å². The summed E-state index contributed by atoms with van der Waals surface area (Å²) in [6.07, 6.45) is -4.28. The van der Waals surface area contributed by atoms with Gasteiger partial charge in [0.15, 0.2) is 0 Å². The van der Waals surface area contributed by atoms with Gasteiger partial charge in [0.2, 0.25) is 0 Å². The van der Waals surface area contributed by atoms with Crippen molar-refractivity contribution in [2.75, 3.05) is 0 Å². The highest BCUT2D eigenvalue weighted by Crippen LogP contribution is 2.41. The Kier molecular flexibility index (Phi) is 3.99. The van der Waals surface area contributed by atoms with Gasteiger partial charge in [-0.15, -0.1) is 0 Å². The zero-order chi connectivity index (χ0) is 14.9. The van der Waals surface area contributed by atoms with Gasteiger partial charge < -0.3 is 5.11 Å². The molecule has 1 aromatic carbocycles. The van der Waals surface area contributed by atoms with Crippen molar-refractivity contribution in [1.82, 2.24) is 4.98 Å². The monoisotopic (exact) mass is 347 g/mol. The van der Waals surface area contributed by atoms with Crippen LogP contribution < -0.4 is 0 Å². The predicted octanol–water partition coefficient (Wildman–Crippen LogP) is 4.12. The van der Waals surface area contributed by atoms with Crippen molar-refractivity contribution in [3.05, 3.63) is 40.5 Å². The summed E-state index contributed by atoms with van der Waals surface area (Å²) in [6, 6.07) is 5.97. The maximum atomic E-state index is 13.1. The maximum absolute atomic E-state index is 13.1. The summed E-state index contributed by atoms with van der Waals surface area (Å²) < 4.78 is 39.9. The van der Waals surface area contributed by atoms with E-state index in [1.807, 2.05) is 0 Å². The average molecular weight is 348 g/mol. The minimum Gasteiger partial charge on any atom is -0.481 e. The highest BCUT2D eigenvalue weighted by molar-refractivity contribution is 9.10.